The van der Waals surface area contributed by atoms with Crippen LogP contribution in [0, 0.1) is 11.8 Å². The first-order valence-electron chi connectivity index (χ1n) is 10.8. The number of hydrogen-bond acceptors (Lipinski definition) is 3. The van der Waals surface area contributed by atoms with Crippen LogP contribution in [0.15, 0.2) is 47.7 Å². The third kappa shape index (κ3) is 6.60. The summed E-state index contributed by atoms with van der Waals surface area (Å²) in [5, 5.41) is 8.68. The molecule has 3 rings (SSSR count). The van der Waals surface area contributed by atoms with Crippen molar-refractivity contribution in [3.8, 4) is 0 Å². The molecular weight excluding hydrogens is 443 g/mol. The number of fused-ring (bicyclic) bond motifs is 2. The fourth-order valence-electron chi connectivity index (χ4n) is 4.54. The number of carboxylic acid groups (broad SMARTS) is 1. The lowest BCUT2D eigenvalue weighted by Gasteiger charge is -2.21. The number of unbranched alkanes of at least 4 members (excludes halogenated alkanes) is 1. The highest BCUT2D eigenvalue weighted by molar-refractivity contribution is 7.89. The Hall–Kier alpha value is -2.29. The van der Waals surface area contributed by atoms with Gasteiger partial charge in [0.15, 0.2) is 0 Å². The van der Waals surface area contributed by atoms with Crippen LogP contribution in [0.1, 0.15) is 56.1 Å². The molecule has 1 saturated carbocycles. The molecule has 0 aliphatic heterocycles. The Morgan fingerprint density at radius 1 is 1.19 bits per heavy atom. The van der Waals surface area contributed by atoms with Gasteiger partial charge >= 0.3 is 12.1 Å². The Morgan fingerprint density at radius 2 is 1.94 bits per heavy atom. The van der Waals surface area contributed by atoms with Crippen molar-refractivity contribution >= 4 is 16.0 Å². The van der Waals surface area contributed by atoms with Crippen LogP contribution < -0.4 is 4.72 Å². The van der Waals surface area contributed by atoms with E-state index in [0.717, 1.165) is 42.7 Å². The molecule has 2 N–H and O–H groups in total. The summed E-state index contributed by atoms with van der Waals surface area (Å²) in [6.45, 7) is 0. The molecule has 0 aromatic heterocycles. The van der Waals surface area contributed by atoms with Gasteiger partial charge in [0.05, 0.1) is 11.3 Å². The van der Waals surface area contributed by atoms with Gasteiger partial charge in [0.2, 0.25) is 10.0 Å². The Balaban J connectivity index is 1.61. The number of carbonyl (C=O) groups is 1. The Kier molecular flexibility index (Phi) is 7.69. The maximum atomic E-state index is 12.9. The molecule has 2 aliphatic rings. The lowest BCUT2D eigenvalue weighted by Crippen LogP contribution is -2.30. The van der Waals surface area contributed by atoms with E-state index in [2.05, 4.69) is 4.72 Å². The van der Waals surface area contributed by atoms with Gasteiger partial charge < -0.3 is 5.11 Å². The summed E-state index contributed by atoms with van der Waals surface area (Å²) in [7, 11) is -3.69. The highest BCUT2D eigenvalue weighted by Gasteiger charge is 2.39. The molecule has 32 heavy (non-hydrogen) atoms. The molecule has 2 bridgehead atoms. The first-order chi connectivity index (χ1) is 15.0. The Bertz CT molecular complexity index is 999. The van der Waals surface area contributed by atoms with Crippen molar-refractivity contribution in [2.24, 2.45) is 11.8 Å². The van der Waals surface area contributed by atoms with Crippen molar-refractivity contribution in [3.63, 3.8) is 0 Å². The minimum absolute atomic E-state index is 0.000554. The summed E-state index contributed by atoms with van der Waals surface area (Å²) in [6, 6.07) is 4.75. The van der Waals surface area contributed by atoms with Gasteiger partial charge in [-0.25, -0.2) is 8.42 Å². The quantitative estimate of drug-likeness (QED) is 0.349. The third-order valence-corrected chi connectivity index (χ3v) is 7.40. The van der Waals surface area contributed by atoms with Crippen molar-refractivity contribution in [2.45, 2.75) is 57.5 Å². The van der Waals surface area contributed by atoms with Gasteiger partial charge in [0.25, 0.3) is 0 Å². The molecule has 0 radical (unpaired) electrons. The fraction of sp³-hybridized carbons (Fsp3) is 0.522. The third-order valence-electron chi connectivity index (χ3n) is 6.12. The van der Waals surface area contributed by atoms with E-state index in [1.165, 1.54) is 12.1 Å². The second-order valence-electron chi connectivity index (χ2n) is 8.48. The van der Waals surface area contributed by atoms with Gasteiger partial charge in [-0.05, 0) is 68.1 Å². The van der Waals surface area contributed by atoms with Crippen molar-refractivity contribution in [1.29, 1.82) is 0 Å². The number of sulfonamides is 1. The highest BCUT2D eigenvalue weighted by atomic mass is 32.2. The smallest absolute Gasteiger partial charge is 0.416 e. The van der Waals surface area contributed by atoms with Crippen LogP contribution in [-0.4, -0.2) is 25.2 Å². The van der Waals surface area contributed by atoms with Crippen LogP contribution in [0.2, 0.25) is 0 Å². The van der Waals surface area contributed by atoms with Crippen molar-refractivity contribution < 1.29 is 31.5 Å². The number of halogens is 3. The maximum Gasteiger partial charge on any atom is 0.416 e. The summed E-state index contributed by atoms with van der Waals surface area (Å²) in [4.78, 5) is 10.6. The molecular formula is C23H28F3NO4S. The van der Waals surface area contributed by atoms with Gasteiger partial charge in [0, 0.05) is 18.0 Å². The second-order valence-corrected chi connectivity index (χ2v) is 10.3. The molecule has 176 valence electrons. The van der Waals surface area contributed by atoms with Gasteiger partial charge in [-0.1, -0.05) is 30.4 Å². The molecule has 1 aromatic rings. The Labute approximate surface area is 186 Å². The number of nitrogens with one attached hydrogen (secondary N) is 1. The van der Waals surface area contributed by atoms with Gasteiger partial charge in [-0.3, -0.25) is 9.52 Å². The average molecular weight is 472 g/mol. The number of alkyl halides is 3. The van der Waals surface area contributed by atoms with Crippen LogP contribution >= 0.6 is 0 Å². The first-order valence-corrected chi connectivity index (χ1v) is 12.5. The lowest BCUT2D eigenvalue weighted by molar-refractivity contribution is -0.138. The number of aliphatic carboxylic acids is 1. The van der Waals surface area contributed by atoms with Gasteiger partial charge in [-0.15, -0.1) is 0 Å². The molecule has 0 heterocycles. The molecule has 1 fully saturated rings. The average Bonchev–Trinajstić information content (AvgIpc) is 3.31. The molecule has 1 aromatic carbocycles. The van der Waals surface area contributed by atoms with E-state index < -0.39 is 27.7 Å². The molecule has 2 unspecified atom stereocenters. The van der Waals surface area contributed by atoms with E-state index in [9.17, 15) is 26.4 Å². The summed E-state index contributed by atoms with van der Waals surface area (Å²) < 4.78 is 66.8. The fourth-order valence-corrected chi connectivity index (χ4v) is 5.78. The van der Waals surface area contributed by atoms with Gasteiger partial charge in [0.1, 0.15) is 0 Å². The summed E-state index contributed by atoms with van der Waals surface area (Å²) in [5.74, 6) is -0.576. The first kappa shape index (κ1) is 24.4. The predicted octanol–water partition coefficient (Wildman–Crippen LogP) is 5.05. The van der Waals surface area contributed by atoms with E-state index >= 15 is 0 Å². The standard InChI is InChI=1S/C23H28F3NO4S/c24-23(25,26)19-7-5-6-16(14-19)12-13-32(30,31)27-22-18-11-10-17(15-18)20(22)8-3-1-2-4-9-21(28)29/h1,3,5-7,14,17-18,27H,2,4,8-13,15H2,(H,28,29). The van der Waals surface area contributed by atoms with E-state index in [4.69, 9.17) is 5.11 Å². The summed E-state index contributed by atoms with van der Waals surface area (Å²) in [6.07, 6.45) is 4.29. The number of aryl methyl sites for hydroxylation is 1. The number of benzene rings is 1. The van der Waals surface area contributed by atoms with Crippen molar-refractivity contribution in [1.82, 2.24) is 4.72 Å². The molecule has 0 amide bonds. The summed E-state index contributed by atoms with van der Waals surface area (Å²) in [5.41, 5.74) is 1.38. The normalized spacial score (nSPS) is 21.0. The molecule has 9 heteroatoms. The summed E-state index contributed by atoms with van der Waals surface area (Å²) >= 11 is 0. The largest absolute Gasteiger partial charge is 0.481 e. The number of carboxylic acids is 1. The zero-order valence-electron chi connectivity index (χ0n) is 17.7. The molecule has 5 nitrogen and oxygen atoms in total. The highest BCUT2D eigenvalue weighted by Crippen LogP contribution is 2.49. The Morgan fingerprint density at radius 3 is 2.66 bits per heavy atom. The number of rotatable bonds is 11. The number of allylic oxidation sites excluding steroid dienone is 4. The lowest BCUT2D eigenvalue weighted by atomic mass is 9.93. The van der Waals surface area contributed by atoms with Crippen LogP contribution in [0.5, 0.6) is 0 Å². The minimum Gasteiger partial charge on any atom is -0.481 e. The van der Waals surface area contributed by atoms with E-state index in [0.29, 0.717) is 30.7 Å². The van der Waals surface area contributed by atoms with E-state index in [1.807, 2.05) is 12.2 Å². The monoisotopic (exact) mass is 471 g/mol. The topological polar surface area (TPSA) is 83.5 Å². The zero-order chi connectivity index (χ0) is 23.4. The van der Waals surface area contributed by atoms with Crippen LogP contribution in [0.4, 0.5) is 13.2 Å². The van der Waals surface area contributed by atoms with Crippen molar-refractivity contribution in [3.05, 3.63) is 58.8 Å². The maximum absolute atomic E-state index is 12.9. The van der Waals surface area contributed by atoms with E-state index in [-0.39, 0.29) is 24.5 Å². The van der Waals surface area contributed by atoms with Crippen molar-refractivity contribution in [2.75, 3.05) is 5.75 Å². The zero-order valence-corrected chi connectivity index (χ0v) is 18.5. The minimum atomic E-state index is -4.46. The van der Waals surface area contributed by atoms with Crippen LogP contribution in [-0.2, 0) is 27.4 Å². The predicted molar refractivity (Wildman–Crippen MR) is 115 cm³/mol. The molecule has 2 aliphatic carbocycles. The molecule has 2 atom stereocenters. The van der Waals surface area contributed by atoms with Crippen LogP contribution in [0.3, 0.4) is 0 Å². The second kappa shape index (κ2) is 10.1. The molecule has 0 spiro atoms. The van der Waals surface area contributed by atoms with Gasteiger partial charge in [-0.2, -0.15) is 13.2 Å². The SMILES string of the molecule is O=C(O)CCCC=CCC1=C(NS(=O)(=O)CCc2cccc(C(F)(F)F)c2)C2CCC1C2. The van der Waals surface area contributed by atoms with E-state index in [1.54, 1.807) is 0 Å². The molecule has 0 saturated heterocycles. The van der Waals surface area contributed by atoms with Crippen LogP contribution in [0.25, 0.3) is 0 Å². The number of hydrogen-bond donors (Lipinski definition) is 2.